The fourth-order valence-corrected chi connectivity index (χ4v) is 2.85. The number of anilines is 1. The van der Waals surface area contributed by atoms with E-state index in [0.717, 1.165) is 34.3 Å². The lowest BCUT2D eigenvalue weighted by atomic mass is 10.1. The van der Waals surface area contributed by atoms with Crippen molar-refractivity contribution in [2.24, 2.45) is 13.0 Å². The number of nitrogens with zero attached hydrogens (tertiary/aromatic N) is 3. The second kappa shape index (κ2) is 11.1. The molecule has 2 aromatic heterocycles. The lowest BCUT2D eigenvalue weighted by Crippen LogP contribution is -1.94. The molecule has 0 spiro atoms. The van der Waals surface area contributed by atoms with Gasteiger partial charge in [0.25, 0.3) is 0 Å². The molecule has 3 aromatic rings. The zero-order valence-corrected chi connectivity index (χ0v) is 18.1. The quantitative estimate of drug-likeness (QED) is 0.405. The molecular formula is C24H32N4O. The Labute approximate surface area is 173 Å². The Morgan fingerprint density at radius 1 is 1.17 bits per heavy atom. The number of allylic oxidation sites excluding steroid dienone is 3. The number of benzene rings is 1. The number of nitrogens with two attached hydrogens (primary N) is 1. The Kier molecular flexibility index (Phi) is 8.46. The maximum absolute atomic E-state index is 6.06. The summed E-state index contributed by atoms with van der Waals surface area (Å²) in [6, 6.07) is 7.95. The average molecular weight is 393 g/mol. The van der Waals surface area contributed by atoms with E-state index in [1.54, 1.807) is 6.26 Å². The van der Waals surface area contributed by atoms with E-state index in [2.05, 4.69) is 49.0 Å². The van der Waals surface area contributed by atoms with Crippen molar-refractivity contribution >= 4 is 16.9 Å². The number of hydrogen-bond acceptors (Lipinski definition) is 4. The molecule has 0 amide bonds. The Hall–Kier alpha value is -3.08. The van der Waals surface area contributed by atoms with Crippen LogP contribution in [0.3, 0.4) is 0 Å². The van der Waals surface area contributed by atoms with Gasteiger partial charge in [-0.25, -0.2) is 9.97 Å². The van der Waals surface area contributed by atoms with Gasteiger partial charge in [0, 0.05) is 18.8 Å². The molecule has 0 bridgehead atoms. The van der Waals surface area contributed by atoms with Gasteiger partial charge in [-0.05, 0) is 43.0 Å². The number of aryl methyl sites for hydroxylation is 1. The summed E-state index contributed by atoms with van der Waals surface area (Å²) < 4.78 is 7.66. The predicted molar refractivity (Wildman–Crippen MR) is 123 cm³/mol. The molecule has 0 fully saturated rings. The van der Waals surface area contributed by atoms with Crippen molar-refractivity contribution in [1.29, 1.82) is 0 Å². The maximum Gasteiger partial charge on any atom is 0.145 e. The molecule has 0 saturated heterocycles. The van der Waals surface area contributed by atoms with Crippen LogP contribution in [0.5, 0.6) is 5.75 Å². The highest BCUT2D eigenvalue weighted by molar-refractivity contribution is 6.00. The van der Waals surface area contributed by atoms with E-state index < -0.39 is 0 Å². The minimum Gasteiger partial charge on any atom is -0.465 e. The fraction of sp³-hybridized carbons (Fsp3) is 0.333. The second-order valence-electron chi connectivity index (χ2n) is 7.07. The van der Waals surface area contributed by atoms with Gasteiger partial charge in [0.05, 0.1) is 11.6 Å². The Balaban J connectivity index is 0.000000941. The van der Waals surface area contributed by atoms with Gasteiger partial charge in [-0.3, -0.25) is 0 Å². The van der Waals surface area contributed by atoms with E-state index in [4.69, 9.17) is 10.5 Å². The highest BCUT2D eigenvalue weighted by Gasteiger charge is 2.13. The van der Waals surface area contributed by atoms with E-state index in [1.165, 1.54) is 12.7 Å². The summed E-state index contributed by atoms with van der Waals surface area (Å²) >= 11 is 0. The van der Waals surface area contributed by atoms with Gasteiger partial charge >= 0.3 is 0 Å². The Morgan fingerprint density at radius 3 is 2.52 bits per heavy atom. The van der Waals surface area contributed by atoms with E-state index in [-0.39, 0.29) is 0 Å². The Bertz CT molecular complexity index is 955. The second-order valence-corrected chi connectivity index (χ2v) is 7.07. The van der Waals surface area contributed by atoms with Crippen molar-refractivity contribution in [3.63, 3.8) is 0 Å². The molecule has 0 aliphatic carbocycles. The summed E-state index contributed by atoms with van der Waals surface area (Å²) in [5, 5.41) is 0.876. The summed E-state index contributed by atoms with van der Waals surface area (Å²) in [6.07, 6.45) is 13.8. The number of nitrogen functional groups attached to an aromatic ring is 1. The van der Waals surface area contributed by atoms with Crippen LogP contribution >= 0.6 is 0 Å². The van der Waals surface area contributed by atoms with Crippen LogP contribution in [0.2, 0.25) is 0 Å². The first-order valence-corrected chi connectivity index (χ1v) is 10.1. The first-order valence-electron chi connectivity index (χ1n) is 10.1. The largest absolute Gasteiger partial charge is 0.465 e. The van der Waals surface area contributed by atoms with Crippen LogP contribution in [0.1, 0.15) is 40.5 Å². The van der Waals surface area contributed by atoms with Gasteiger partial charge in [0.2, 0.25) is 0 Å². The first-order chi connectivity index (χ1) is 14.0. The van der Waals surface area contributed by atoms with Crippen molar-refractivity contribution in [3.05, 3.63) is 61.3 Å². The maximum atomic E-state index is 6.06. The smallest absolute Gasteiger partial charge is 0.145 e. The third-order valence-electron chi connectivity index (χ3n) is 4.30. The molecule has 0 aliphatic heterocycles. The molecule has 5 nitrogen and oxygen atoms in total. The summed E-state index contributed by atoms with van der Waals surface area (Å²) in [6.45, 7) is 8.44. The highest BCUT2D eigenvalue weighted by atomic mass is 16.5. The van der Waals surface area contributed by atoms with E-state index in [0.29, 0.717) is 11.7 Å². The lowest BCUT2D eigenvalue weighted by molar-refractivity contribution is 0.474. The standard InChI is InChI=1S/C21H24N4O.C3H8/c1-4-5-6-15(2)11-12-26-17-9-7-16(8-10-17)18-13-25(3)21-19(18)20(22)23-14-24-21;1-3-2/h4-5,7-15H,6H2,1-3H3,(H2,22,23,24);3H2,1-2H3/b5-4-,12-11+;. The first kappa shape index (κ1) is 22.2. The average Bonchev–Trinajstić information content (AvgIpc) is 3.05. The molecule has 1 atom stereocenters. The zero-order chi connectivity index (χ0) is 21.2. The van der Waals surface area contributed by atoms with Crippen molar-refractivity contribution in [3.8, 4) is 16.9 Å². The third-order valence-corrected chi connectivity index (χ3v) is 4.30. The van der Waals surface area contributed by atoms with Gasteiger partial charge in [-0.1, -0.05) is 51.5 Å². The molecule has 5 heteroatoms. The van der Waals surface area contributed by atoms with Crippen LogP contribution in [0.25, 0.3) is 22.2 Å². The fourth-order valence-electron chi connectivity index (χ4n) is 2.85. The van der Waals surface area contributed by atoms with Crippen LogP contribution in [0.15, 0.2) is 61.3 Å². The van der Waals surface area contributed by atoms with Crippen LogP contribution in [0.4, 0.5) is 5.82 Å². The summed E-state index contributed by atoms with van der Waals surface area (Å²) in [7, 11) is 1.95. The number of hydrogen-bond donors (Lipinski definition) is 1. The number of ether oxygens (including phenoxy) is 1. The van der Waals surface area contributed by atoms with Crippen LogP contribution in [0, 0.1) is 5.92 Å². The molecule has 2 heterocycles. The molecule has 1 unspecified atom stereocenters. The molecule has 0 radical (unpaired) electrons. The predicted octanol–water partition coefficient (Wildman–Crippen LogP) is 6.13. The molecule has 154 valence electrons. The summed E-state index contributed by atoms with van der Waals surface area (Å²) in [4.78, 5) is 8.43. The molecule has 0 aliphatic rings. The topological polar surface area (TPSA) is 66.0 Å². The third kappa shape index (κ3) is 5.95. The Morgan fingerprint density at radius 2 is 1.86 bits per heavy atom. The highest BCUT2D eigenvalue weighted by Crippen LogP contribution is 2.32. The van der Waals surface area contributed by atoms with Crippen LogP contribution in [-0.4, -0.2) is 14.5 Å². The van der Waals surface area contributed by atoms with Crippen molar-refractivity contribution in [1.82, 2.24) is 14.5 Å². The monoisotopic (exact) mass is 392 g/mol. The van der Waals surface area contributed by atoms with Crippen molar-refractivity contribution in [2.75, 3.05) is 5.73 Å². The molecule has 29 heavy (non-hydrogen) atoms. The molecule has 3 rings (SSSR count). The molecular weight excluding hydrogens is 360 g/mol. The van der Waals surface area contributed by atoms with Crippen LogP contribution in [-0.2, 0) is 7.05 Å². The number of fused-ring (bicyclic) bond motifs is 1. The summed E-state index contributed by atoms with van der Waals surface area (Å²) in [5.41, 5.74) is 8.96. The van der Waals surface area contributed by atoms with E-state index >= 15 is 0 Å². The number of aromatic nitrogens is 3. The molecule has 0 saturated carbocycles. The number of rotatable bonds is 6. The van der Waals surface area contributed by atoms with Gasteiger partial charge in [-0.2, -0.15) is 0 Å². The zero-order valence-electron chi connectivity index (χ0n) is 18.1. The summed E-state index contributed by atoms with van der Waals surface area (Å²) in [5.74, 6) is 1.74. The van der Waals surface area contributed by atoms with Gasteiger partial charge in [0.1, 0.15) is 23.5 Å². The normalized spacial score (nSPS) is 12.3. The van der Waals surface area contributed by atoms with Gasteiger partial charge in [0.15, 0.2) is 0 Å². The van der Waals surface area contributed by atoms with Gasteiger partial charge in [-0.15, -0.1) is 0 Å². The van der Waals surface area contributed by atoms with Gasteiger partial charge < -0.3 is 15.0 Å². The molecule has 2 N–H and O–H groups in total. The van der Waals surface area contributed by atoms with E-state index in [9.17, 15) is 0 Å². The molecule has 1 aromatic carbocycles. The minimum absolute atomic E-state index is 0.448. The van der Waals surface area contributed by atoms with Crippen molar-refractivity contribution in [2.45, 2.75) is 40.5 Å². The van der Waals surface area contributed by atoms with Crippen molar-refractivity contribution < 1.29 is 4.74 Å². The van der Waals surface area contributed by atoms with E-state index in [1.807, 2.05) is 49.0 Å². The lowest BCUT2D eigenvalue weighted by Gasteiger charge is -2.05. The minimum atomic E-state index is 0.448. The SMILES string of the molecule is C/C=C\CC(C)/C=C/Oc1ccc(-c2cn(C)c3ncnc(N)c23)cc1.CCC. The van der Waals surface area contributed by atoms with Crippen LogP contribution < -0.4 is 10.5 Å².